The second kappa shape index (κ2) is 8.87. The van der Waals surface area contributed by atoms with Gasteiger partial charge in [0.2, 0.25) is 0 Å². The molecule has 0 amide bonds. The first-order valence-corrected chi connectivity index (χ1v) is 9.80. The number of hydrogen-bond donors (Lipinski definition) is 0. The molecule has 0 N–H and O–H groups in total. The average molecular weight is 419 g/mol. The van der Waals surface area contributed by atoms with E-state index in [9.17, 15) is 9.18 Å². The number of rotatable bonds is 7. The van der Waals surface area contributed by atoms with Crippen molar-refractivity contribution >= 4 is 0 Å². The molecule has 0 spiro atoms. The van der Waals surface area contributed by atoms with E-state index >= 15 is 0 Å². The van der Waals surface area contributed by atoms with Gasteiger partial charge in [0.05, 0.1) is 12.7 Å². The molecule has 4 rings (SSSR count). The zero-order valence-electron chi connectivity index (χ0n) is 17.3. The minimum atomic E-state index is -0.301. The van der Waals surface area contributed by atoms with Gasteiger partial charge in [0, 0.05) is 37.1 Å². The summed E-state index contributed by atoms with van der Waals surface area (Å²) in [5, 5.41) is 4.11. The molecule has 0 aliphatic carbocycles. The Labute approximate surface area is 179 Å². The summed E-state index contributed by atoms with van der Waals surface area (Å²) in [6.45, 7) is 2.47. The van der Waals surface area contributed by atoms with E-state index in [1.165, 1.54) is 12.1 Å². The van der Waals surface area contributed by atoms with E-state index in [0.29, 0.717) is 36.0 Å². The Balaban J connectivity index is 1.35. The molecule has 4 aromatic rings. The van der Waals surface area contributed by atoms with Gasteiger partial charge in [-0.05, 0) is 42.3 Å². The third-order valence-corrected chi connectivity index (χ3v) is 4.79. The maximum Gasteiger partial charge on any atom is 0.254 e. The van der Waals surface area contributed by atoms with Crippen LogP contribution in [0.1, 0.15) is 16.7 Å². The lowest BCUT2D eigenvalue weighted by atomic mass is 10.2. The number of aromatic nitrogens is 3. The van der Waals surface area contributed by atoms with E-state index in [1.807, 2.05) is 25.4 Å². The van der Waals surface area contributed by atoms with Gasteiger partial charge in [0.15, 0.2) is 0 Å². The minimum absolute atomic E-state index is 0.143. The van der Waals surface area contributed by atoms with Crippen LogP contribution >= 0.6 is 0 Å². The molecule has 0 saturated carbocycles. The van der Waals surface area contributed by atoms with Crippen LogP contribution in [0.5, 0.6) is 17.2 Å². The first-order chi connectivity index (χ1) is 15.0. The van der Waals surface area contributed by atoms with Crippen LogP contribution in [0.3, 0.4) is 0 Å². The van der Waals surface area contributed by atoms with Crippen molar-refractivity contribution in [1.82, 2.24) is 14.3 Å². The van der Waals surface area contributed by atoms with Crippen molar-refractivity contribution in [2.24, 2.45) is 7.05 Å². The molecule has 0 radical (unpaired) electrons. The molecular weight excluding hydrogens is 397 g/mol. The van der Waals surface area contributed by atoms with Gasteiger partial charge < -0.3 is 14.0 Å². The number of nitrogens with zero attached hydrogens (tertiary/aromatic N) is 3. The van der Waals surface area contributed by atoms with Gasteiger partial charge in [-0.2, -0.15) is 5.10 Å². The first kappa shape index (κ1) is 20.4. The number of benzene rings is 2. The molecule has 158 valence electrons. The van der Waals surface area contributed by atoms with Gasteiger partial charge in [-0.25, -0.2) is 4.39 Å². The van der Waals surface area contributed by atoms with Crippen molar-refractivity contribution in [2.45, 2.75) is 20.1 Å². The van der Waals surface area contributed by atoms with Gasteiger partial charge in [0.1, 0.15) is 29.7 Å². The van der Waals surface area contributed by atoms with Crippen molar-refractivity contribution in [3.05, 3.63) is 106 Å². The van der Waals surface area contributed by atoms with E-state index in [0.717, 1.165) is 11.1 Å². The molecule has 0 aliphatic heterocycles. The van der Waals surface area contributed by atoms with Crippen LogP contribution in [0.4, 0.5) is 4.39 Å². The normalized spacial score (nSPS) is 10.8. The zero-order valence-corrected chi connectivity index (χ0v) is 17.3. The van der Waals surface area contributed by atoms with Crippen molar-refractivity contribution in [1.29, 1.82) is 0 Å². The maximum absolute atomic E-state index is 13.6. The van der Waals surface area contributed by atoms with Crippen LogP contribution in [-0.2, 0) is 20.2 Å². The Morgan fingerprint density at radius 2 is 1.74 bits per heavy atom. The van der Waals surface area contributed by atoms with Gasteiger partial charge in [-0.15, -0.1) is 0 Å². The Bertz CT molecular complexity index is 1250. The summed E-state index contributed by atoms with van der Waals surface area (Å²) in [5.41, 5.74) is 2.30. The van der Waals surface area contributed by atoms with Crippen molar-refractivity contribution < 1.29 is 13.9 Å². The summed E-state index contributed by atoms with van der Waals surface area (Å²) in [6.07, 6.45) is 5.32. The SMILES string of the molecule is Cc1ccc(Oc2ccc(COc3ccn(Cc4cnn(C)c4)c(=O)c3)cc2)cc1F. The molecule has 0 unspecified atom stereocenters. The smallest absolute Gasteiger partial charge is 0.254 e. The fraction of sp³-hybridized carbons (Fsp3) is 0.167. The monoisotopic (exact) mass is 419 g/mol. The van der Waals surface area contributed by atoms with Gasteiger partial charge in [0.25, 0.3) is 5.56 Å². The molecule has 31 heavy (non-hydrogen) atoms. The third-order valence-electron chi connectivity index (χ3n) is 4.79. The number of halogens is 1. The van der Waals surface area contributed by atoms with Gasteiger partial charge >= 0.3 is 0 Å². The Morgan fingerprint density at radius 1 is 0.968 bits per heavy atom. The number of ether oxygens (including phenoxy) is 2. The molecule has 0 saturated heterocycles. The van der Waals surface area contributed by atoms with E-state index in [1.54, 1.807) is 58.9 Å². The summed E-state index contributed by atoms with van der Waals surface area (Å²) in [7, 11) is 1.84. The predicted molar refractivity (Wildman–Crippen MR) is 115 cm³/mol. The Morgan fingerprint density at radius 3 is 2.42 bits per heavy atom. The van der Waals surface area contributed by atoms with Crippen molar-refractivity contribution in [3.8, 4) is 17.2 Å². The molecule has 0 bridgehead atoms. The molecule has 0 atom stereocenters. The zero-order chi connectivity index (χ0) is 21.8. The number of aryl methyl sites for hydroxylation is 2. The second-order valence-corrected chi connectivity index (χ2v) is 7.30. The van der Waals surface area contributed by atoms with Crippen LogP contribution in [0.2, 0.25) is 0 Å². The molecule has 2 aromatic heterocycles. The average Bonchev–Trinajstić information content (AvgIpc) is 3.17. The third kappa shape index (κ3) is 5.19. The largest absolute Gasteiger partial charge is 0.489 e. The highest BCUT2D eigenvalue weighted by Gasteiger charge is 2.05. The van der Waals surface area contributed by atoms with E-state index < -0.39 is 0 Å². The Kier molecular flexibility index (Phi) is 5.84. The summed E-state index contributed by atoms with van der Waals surface area (Å²) >= 11 is 0. The molecule has 0 fully saturated rings. The lowest BCUT2D eigenvalue weighted by Crippen LogP contribution is -2.19. The summed E-state index contributed by atoms with van der Waals surface area (Å²) in [5.74, 6) is 1.25. The summed E-state index contributed by atoms with van der Waals surface area (Å²) in [4.78, 5) is 12.3. The highest BCUT2D eigenvalue weighted by Crippen LogP contribution is 2.24. The standard InChI is InChI=1S/C24H22FN3O3/c1-17-3-6-22(11-23(17)25)31-20-7-4-18(5-8-20)16-30-21-9-10-28(24(29)12-21)15-19-13-26-27(2)14-19/h3-14H,15-16H2,1-2H3. The fourth-order valence-corrected chi connectivity index (χ4v) is 3.05. The molecule has 7 heteroatoms. The highest BCUT2D eigenvalue weighted by molar-refractivity contribution is 5.35. The van der Waals surface area contributed by atoms with Crippen LogP contribution in [0, 0.1) is 12.7 Å². The lowest BCUT2D eigenvalue weighted by Gasteiger charge is -2.10. The maximum atomic E-state index is 13.6. The molecule has 2 heterocycles. The van der Waals surface area contributed by atoms with Crippen LogP contribution in [0.15, 0.2) is 78.0 Å². The lowest BCUT2D eigenvalue weighted by molar-refractivity contribution is 0.304. The topological polar surface area (TPSA) is 58.3 Å². The molecular formula is C24H22FN3O3. The highest BCUT2D eigenvalue weighted by atomic mass is 19.1. The fourth-order valence-electron chi connectivity index (χ4n) is 3.05. The number of pyridine rings is 1. The van der Waals surface area contributed by atoms with Crippen LogP contribution in [-0.4, -0.2) is 14.3 Å². The minimum Gasteiger partial charge on any atom is -0.489 e. The first-order valence-electron chi connectivity index (χ1n) is 9.80. The van der Waals surface area contributed by atoms with E-state index in [-0.39, 0.29) is 11.4 Å². The molecule has 6 nitrogen and oxygen atoms in total. The Hall–Kier alpha value is -3.87. The van der Waals surface area contributed by atoms with Crippen molar-refractivity contribution in [3.63, 3.8) is 0 Å². The van der Waals surface area contributed by atoms with Crippen LogP contribution < -0.4 is 15.0 Å². The van der Waals surface area contributed by atoms with E-state index in [4.69, 9.17) is 9.47 Å². The second-order valence-electron chi connectivity index (χ2n) is 7.30. The quantitative estimate of drug-likeness (QED) is 0.444. The van der Waals surface area contributed by atoms with Crippen molar-refractivity contribution in [2.75, 3.05) is 0 Å². The molecule has 0 aliphatic rings. The summed E-state index contributed by atoms with van der Waals surface area (Å²) < 4.78 is 28.4. The van der Waals surface area contributed by atoms with Crippen LogP contribution in [0.25, 0.3) is 0 Å². The van der Waals surface area contributed by atoms with E-state index in [2.05, 4.69) is 5.10 Å². The van der Waals surface area contributed by atoms with Gasteiger partial charge in [-0.1, -0.05) is 18.2 Å². The molecule has 2 aromatic carbocycles. The number of hydrogen-bond acceptors (Lipinski definition) is 4. The predicted octanol–water partition coefficient (Wildman–Crippen LogP) is 4.45. The van der Waals surface area contributed by atoms with Gasteiger partial charge in [-0.3, -0.25) is 9.48 Å². The summed E-state index contributed by atoms with van der Waals surface area (Å²) in [6, 6.07) is 15.3.